The van der Waals surface area contributed by atoms with E-state index in [1.165, 1.54) is 7.11 Å². The van der Waals surface area contributed by atoms with Crippen LogP contribution in [0.15, 0.2) is 18.2 Å². The quantitative estimate of drug-likeness (QED) is 0.814. The zero-order valence-electron chi connectivity index (χ0n) is 12.8. The van der Waals surface area contributed by atoms with Gasteiger partial charge in [0.2, 0.25) is 5.91 Å². The van der Waals surface area contributed by atoms with Gasteiger partial charge in [-0.3, -0.25) is 9.59 Å². The van der Waals surface area contributed by atoms with Crippen LogP contribution in [0.4, 0.5) is 11.4 Å². The van der Waals surface area contributed by atoms with Gasteiger partial charge < -0.3 is 25.4 Å². The average molecular weight is 307 g/mol. The van der Waals surface area contributed by atoms with Gasteiger partial charge in [0.1, 0.15) is 12.6 Å². The van der Waals surface area contributed by atoms with Crippen molar-refractivity contribution in [3.8, 4) is 0 Å². The van der Waals surface area contributed by atoms with Gasteiger partial charge in [-0.15, -0.1) is 0 Å². The first-order valence-electron chi connectivity index (χ1n) is 7.07. The van der Waals surface area contributed by atoms with E-state index < -0.39 is 6.04 Å². The molecule has 22 heavy (non-hydrogen) atoms. The van der Waals surface area contributed by atoms with Crippen LogP contribution in [-0.2, 0) is 19.1 Å². The molecule has 0 radical (unpaired) electrons. The van der Waals surface area contributed by atoms with Crippen molar-refractivity contribution in [1.29, 1.82) is 0 Å². The third-order valence-corrected chi connectivity index (χ3v) is 3.42. The van der Waals surface area contributed by atoms with Crippen molar-refractivity contribution in [1.82, 2.24) is 0 Å². The number of amides is 2. The number of rotatable bonds is 5. The molecule has 7 nitrogen and oxygen atoms in total. The summed E-state index contributed by atoms with van der Waals surface area (Å²) >= 11 is 0. The molecule has 0 bridgehead atoms. The van der Waals surface area contributed by atoms with Crippen molar-refractivity contribution in [3.05, 3.63) is 23.8 Å². The van der Waals surface area contributed by atoms with Crippen LogP contribution in [0.2, 0.25) is 0 Å². The van der Waals surface area contributed by atoms with Gasteiger partial charge >= 0.3 is 0 Å². The Morgan fingerprint density at radius 1 is 1.55 bits per heavy atom. The average Bonchev–Trinajstić information content (AvgIpc) is 2.49. The molecule has 1 heterocycles. The van der Waals surface area contributed by atoms with E-state index in [1.807, 2.05) is 19.1 Å². The van der Waals surface area contributed by atoms with Crippen molar-refractivity contribution in [2.45, 2.75) is 13.0 Å². The molecule has 0 aliphatic carbocycles. The summed E-state index contributed by atoms with van der Waals surface area (Å²) in [6.07, 6.45) is 0. The van der Waals surface area contributed by atoms with Gasteiger partial charge in [-0.25, -0.2) is 0 Å². The van der Waals surface area contributed by atoms with Crippen LogP contribution in [0.3, 0.4) is 0 Å². The van der Waals surface area contributed by atoms with E-state index in [-0.39, 0.29) is 25.0 Å². The van der Waals surface area contributed by atoms with E-state index in [1.54, 1.807) is 11.0 Å². The molecular weight excluding hydrogens is 286 g/mol. The molecule has 0 unspecified atom stereocenters. The van der Waals surface area contributed by atoms with Crippen LogP contribution >= 0.6 is 0 Å². The highest BCUT2D eigenvalue weighted by atomic mass is 16.5. The van der Waals surface area contributed by atoms with Crippen LogP contribution < -0.4 is 16.0 Å². The Hall–Kier alpha value is -1.96. The lowest BCUT2D eigenvalue weighted by atomic mass is 10.1. The molecule has 7 heteroatoms. The largest absolute Gasteiger partial charge is 0.383 e. The number of nitrogens with zero attached hydrogens (tertiary/aromatic N) is 1. The lowest BCUT2D eigenvalue weighted by Gasteiger charge is -2.28. The summed E-state index contributed by atoms with van der Waals surface area (Å²) < 4.78 is 9.98. The van der Waals surface area contributed by atoms with Crippen LogP contribution in [0.5, 0.6) is 0 Å². The summed E-state index contributed by atoms with van der Waals surface area (Å²) in [7, 11) is 1.49. The van der Waals surface area contributed by atoms with Crippen molar-refractivity contribution < 1.29 is 19.1 Å². The number of hydrogen-bond donors (Lipinski definition) is 2. The highest BCUT2D eigenvalue weighted by Crippen LogP contribution is 2.25. The molecule has 1 fully saturated rings. The SMILES string of the molecule is COC[C@@H](N)C(=O)Nc1ccc(N2CCOCC2=O)c(C)c1. The van der Waals surface area contributed by atoms with E-state index in [0.717, 1.165) is 11.3 Å². The third kappa shape index (κ3) is 3.82. The Balaban J connectivity index is 2.09. The van der Waals surface area contributed by atoms with Crippen LogP contribution in [0.1, 0.15) is 5.56 Å². The van der Waals surface area contributed by atoms with Gasteiger partial charge in [0.15, 0.2) is 0 Å². The van der Waals surface area contributed by atoms with E-state index >= 15 is 0 Å². The second-order valence-electron chi connectivity index (χ2n) is 5.15. The summed E-state index contributed by atoms with van der Waals surface area (Å²) in [4.78, 5) is 25.4. The highest BCUT2D eigenvalue weighted by molar-refractivity contribution is 5.97. The maximum Gasteiger partial charge on any atom is 0.253 e. The van der Waals surface area contributed by atoms with Crippen molar-refractivity contribution >= 4 is 23.2 Å². The van der Waals surface area contributed by atoms with E-state index in [0.29, 0.717) is 18.8 Å². The number of aryl methyl sites for hydroxylation is 1. The Bertz CT molecular complexity index is 562. The Morgan fingerprint density at radius 3 is 2.95 bits per heavy atom. The number of benzene rings is 1. The molecule has 1 aromatic rings. The fourth-order valence-corrected chi connectivity index (χ4v) is 2.30. The van der Waals surface area contributed by atoms with Gasteiger partial charge in [0.05, 0.1) is 13.2 Å². The van der Waals surface area contributed by atoms with Gasteiger partial charge in [0.25, 0.3) is 5.91 Å². The zero-order chi connectivity index (χ0) is 16.1. The van der Waals surface area contributed by atoms with Gasteiger partial charge in [-0.1, -0.05) is 0 Å². The van der Waals surface area contributed by atoms with E-state index in [2.05, 4.69) is 5.32 Å². The van der Waals surface area contributed by atoms with Crippen molar-refractivity contribution in [2.75, 3.05) is 43.7 Å². The number of morpholine rings is 1. The second kappa shape index (κ2) is 7.35. The Morgan fingerprint density at radius 2 is 2.32 bits per heavy atom. The van der Waals surface area contributed by atoms with Gasteiger partial charge in [-0.2, -0.15) is 0 Å². The first-order valence-corrected chi connectivity index (χ1v) is 7.07. The second-order valence-corrected chi connectivity index (χ2v) is 5.15. The molecule has 3 N–H and O–H groups in total. The number of methoxy groups -OCH3 is 1. The minimum absolute atomic E-state index is 0.0618. The topological polar surface area (TPSA) is 93.9 Å². The standard InChI is InChI=1S/C15H21N3O4/c1-10-7-11(17-15(20)12(16)8-21-2)3-4-13(10)18-5-6-22-9-14(18)19/h3-4,7,12H,5-6,8-9,16H2,1-2H3,(H,17,20)/t12-/m1/s1. The first kappa shape index (κ1) is 16.4. The zero-order valence-corrected chi connectivity index (χ0v) is 12.8. The number of carbonyl (C=O) groups excluding carboxylic acids is 2. The molecule has 1 aliphatic heterocycles. The summed E-state index contributed by atoms with van der Waals surface area (Å²) in [6, 6.07) is 4.67. The summed E-state index contributed by atoms with van der Waals surface area (Å²) in [6.45, 7) is 3.21. The summed E-state index contributed by atoms with van der Waals surface area (Å²) in [5, 5.41) is 2.74. The fraction of sp³-hybridized carbons (Fsp3) is 0.467. The summed E-state index contributed by atoms with van der Waals surface area (Å²) in [5.41, 5.74) is 8.04. The lowest BCUT2D eigenvalue weighted by molar-refractivity contribution is -0.125. The maximum atomic E-state index is 11.9. The number of carbonyl (C=O) groups is 2. The molecule has 0 saturated carbocycles. The lowest BCUT2D eigenvalue weighted by Crippen LogP contribution is -2.42. The predicted molar refractivity (Wildman–Crippen MR) is 82.8 cm³/mol. The molecule has 1 aromatic carbocycles. The van der Waals surface area contributed by atoms with E-state index in [9.17, 15) is 9.59 Å². The van der Waals surface area contributed by atoms with Crippen molar-refractivity contribution in [3.63, 3.8) is 0 Å². The molecule has 1 saturated heterocycles. The molecule has 0 spiro atoms. The Labute approximate surface area is 129 Å². The molecule has 2 rings (SSSR count). The number of ether oxygens (including phenoxy) is 2. The highest BCUT2D eigenvalue weighted by Gasteiger charge is 2.22. The Kier molecular flexibility index (Phi) is 5.48. The minimum atomic E-state index is -0.717. The molecule has 2 amide bonds. The predicted octanol–water partition coefficient (Wildman–Crippen LogP) is 0.270. The smallest absolute Gasteiger partial charge is 0.253 e. The molecule has 0 aromatic heterocycles. The van der Waals surface area contributed by atoms with Gasteiger partial charge in [-0.05, 0) is 30.7 Å². The number of hydrogen-bond acceptors (Lipinski definition) is 5. The van der Waals surface area contributed by atoms with Crippen LogP contribution in [0.25, 0.3) is 0 Å². The molecule has 120 valence electrons. The number of anilines is 2. The third-order valence-electron chi connectivity index (χ3n) is 3.42. The molecular formula is C15H21N3O4. The van der Waals surface area contributed by atoms with Gasteiger partial charge in [0, 0.05) is 25.0 Å². The van der Waals surface area contributed by atoms with Crippen molar-refractivity contribution in [2.24, 2.45) is 5.73 Å². The number of nitrogens with one attached hydrogen (secondary N) is 1. The molecule has 1 aliphatic rings. The maximum absolute atomic E-state index is 11.9. The molecule has 1 atom stereocenters. The monoisotopic (exact) mass is 307 g/mol. The van der Waals surface area contributed by atoms with E-state index in [4.69, 9.17) is 15.2 Å². The minimum Gasteiger partial charge on any atom is -0.383 e. The summed E-state index contributed by atoms with van der Waals surface area (Å²) in [5.74, 6) is -0.371. The number of nitrogens with two attached hydrogens (primary N) is 1. The van der Waals surface area contributed by atoms with Crippen LogP contribution in [-0.4, -0.2) is 51.3 Å². The first-order chi connectivity index (χ1) is 10.5. The normalized spacial score (nSPS) is 16.5. The van der Waals surface area contributed by atoms with Crippen LogP contribution in [0, 0.1) is 6.92 Å². The fourth-order valence-electron chi connectivity index (χ4n) is 2.30.